The first kappa shape index (κ1) is 17.7. The summed E-state index contributed by atoms with van der Waals surface area (Å²) in [6.07, 6.45) is 12.7. The summed E-state index contributed by atoms with van der Waals surface area (Å²) < 4.78 is 6.01. The van der Waals surface area contributed by atoms with Crippen molar-refractivity contribution in [2.45, 2.75) is 96.9 Å². The number of epoxide rings is 1. The van der Waals surface area contributed by atoms with Crippen LogP contribution in [-0.4, -0.2) is 22.4 Å². The lowest BCUT2D eigenvalue weighted by Gasteiger charge is -2.29. The maximum atomic E-state index is 10.5. The van der Waals surface area contributed by atoms with Gasteiger partial charge in [-0.05, 0) is 85.5 Å². The van der Waals surface area contributed by atoms with Crippen LogP contribution < -0.4 is 0 Å². The van der Waals surface area contributed by atoms with Crippen molar-refractivity contribution >= 4 is 0 Å². The van der Waals surface area contributed by atoms with Crippen LogP contribution in [-0.2, 0) is 4.74 Å². The third-order valence-corrected chi connectivity index (χ3v) is 5.59. The van der Waals surface area contributed by atoms with Gasteiger partial charge in [0.2, 0.25) is 0 Å². The molecule has 1 saturated heterocycles. The summed E-state index contributed by atoms with van der Waals surface area (Å²) in [5.74, 6) is 0.308. The minimum Gasteiger partial charge on any atom is -0.390 e. The quantitative estimate of drug-likeness (QED) is 0.535. The van der Waals surface area contributed by atoms with Crippen LogP contribution in [0, 0.1) is 5.92 Å². The molecule has 2 rings (SSSR count). The topological polar surface area (TPSA) is 32.8 Å². The Labute approximate surface area is 136 Å². The van der Waals surface area contributed by atoms with Crippen LogP contribution in [0.4, 0.5) is 0 Å². The Balaban J connectivity index is 2.08. The van der Waals surface area contributed by atoms with Crippen LogP contribution in [0.5, 0.6) is 0 Å². The van der Waals surface area contributed by atoms with Gasteiger partial charge in [0.05, 0.1) is 17.3 Å². The molecule has 2 heteroatoms. The summed E-state index contributed by atoms with van der Waals surface area (Å²) >= 11 is 0. The van der Waals surface area contributed by atoms with Gasteiger partial charge >= 0.3 is 0 Å². The molecular weight excluding hydrogens is 272 g/mol. The third kappa shape index (κ3) is 4.96. The molecule has 1 aliphatic heterocycles. The molecule has 0 spiro atoms. The van der Waals surface area contributed by atoms with Gasteiger partial charge in [-0.3, -0.25) is 0 Å². The van der Waals surface area contributed by atoms with Crippen molar-refractivity contribution in [1.82, 2.24) is 0 Å². The van der Waals surface area contributed by atoms with Crippen LogP contribution in [0.1, 0.15) is 79.6 Å². The second-order valence-electron chi connectivity index (χ2n) is 8.22. The van der Waals surface area contributed by atoms with E-state index in [9.17, 15) is 5.11 Å². The molecule has 2 nitrogen and oxygen atoms in total. The Hall–Kier alpha value is -0.600. The molecule has 1 N–H and O–H groups in total. The van der Waals surface area contributed by atoms with Gasteiger partial charge in [-0.25, -0.2) is 0 Å². The Bertz CT molecular complexity index is 441. The molecule has 1 aliphatic carbocycles. The highest BCUT2D eigenvalue weighted by molar-refractivity contribution is 5.08. The Morgan fingerprint density at radius 3 is 2.45 bits per heavy atom. The summed E-state index contributed by atoms with van der Waals surface area (Å²) in [6, 6.07) is 0. The molecule has 2 aliphatic rings. The van der Waals surface area contributed by atoms with E-state index >= 15 is 0 Å². The number of hydrogen-bond donors (Lipinski definition) is 1. The number of allylic oxidation sites excluding steroid dienone is 4. The van der Waals surface area contributed by atoms with E-state index in [1.54, 1.807) is 0 Å². The van der Waals surface area contributed by atoms with E-state index in [2.05, 4.69) is 32.9 Å². The van der Waals surface area contributed by atoms with Crippen molar-refractivity contribution in [1.29, 1.82) is 0 Å². The first-order valence-corrected chi connectivity index (χ1v) is 8.92. The first-order valence-electron chi connectivity index (χ1n) is 8.92. The van der Waals surface area contributed by atoms with Gasteiger partial charge in [-0.15, -0.1) is 0 Å². The predicted molar refractivity (Wildman–Crippen MR) is 92.9 cm³/mol. The minimum absolute atomic E-state index is 0.0370. The van der Waals surface area contributed by atoms with Crippen LogP contribution in [0.15, 0.2) is 23.3 Å². The largest absolute Gasteiger partial charge is 0.390 e. The van der Waals surface area contributed by atoms with E-state index in [-0.39, 0.29) is 5.60 Å². The van der Waals surface area contributed by atoms with Crippen molar-refractivity contribution in [3.63, 3.8) is 0 Å². The summed E-state index contributed by atoms with van der Waals surface area (Å²) in [5.41, 5.74) is 2.37. The second kappa shape index (κ2) is 6.88. The summed E-state index contributed by atoms with van der Waals surface area (Å²) in [4.78, 5) is 0. The van der Waals surface area contributed by atoms with E-state index in [0.29, 0.717) is 12.0 Å². The van der Waals surface area contributed by atoms with Gasteiger partial charge in [-0.2, -0.15) is 0 Å². The maximum Gasteiger partial charge on any atom is 0.0923 e. The molecule has 3 atom stereocenters. The standard InChI is InChI=1S/C20H34O2/c1-15-8-6-9-16(2)11-12-17(19(3,4)21)14-18-20(5,22-18)13-7-10-15/h9-10,17-18,21H,6-8,11-14H2,1-5H3/b15-10+,16-9+/t17-,18-,20-/m1/s1. The van der Waals surface area contributed by atoms with Gasteiger partial charge in [0.15, 0.2) is 0 Å². The zero-order valence-electron chi connectivity index (χ0n) is 15.1. The van der Waals surface area contributed by atoms with E-state index in [4.69, 9.17) is 4.74 Å². The molecule has 1 fully saturated rings. The average Bonchev–Trinajstić information content (AvgIpc) is 3.03. The number of aliphatic hydroxyl groups is 1. The molecule has 0 aromatic rings. The molecule has 0 unspecified atom stereocenters. The van der Waals surface area contributed by atoms with Crippen LogP contribution >= 0.6 is 0 Å². The van der Waals surface area contributed by atoms with Gasteiger partial charge in [0.1, 0.15) is 0 Å². The van der Waals surface area contributed by atoms with E-state index in [1.165, 1.54) is 11.1 Å². The van der Waals surface area contributed by atoms with Gasteiger partial charge < -0.3 is 9.84 Å². The SMILES string of the molecule is C/C1=C\CC[C@@]2(C)O[C@@H]2C[C@H](C(C)(C)O)CC/C(C)=C/CC1. The molecule has 0 aromatic carbocycles. The number of hydrogen-bond acceptors (Lipinski definition) is 2. The van der Waals surface area contributed by atoms with E-state index < -0.39 is 5.60 Å². The lowest BCUT2D eigenvalue weighted by molar-refractivity contribution is 0.00635. The summed E-state index contributed by atoms with van der Waals surface area (Å²) in [7, 11) is 0. The van der Waals surface area contributed by atoms with Crippen LogP contribution in [0.3, 0.4) is 0 Å². The zero-order chi connectivity index (χ0) is 16.4. The summed E-state index contributed by atoms with van der Waals surface area (Å²) in [5, 5.41) is 10.5. The molecule has 0 aromatic heterocycles. The highest BCUT2D eigenvalue weighted by Crippen LogP contribution is 2.46. The van der Waals surface area contributed by atoms with Gasteiger partial charge in [-0.1, -0.05) is 23.3 Å². The molecule has 22 heavy (non-hydrogen) atoms. The Morgan fingerprint density at radius 1 is 1.14 bits per heavy atom. The van der Waals surface area contributed by atoms with Crippen molar-refractivity contribution in [3.8, 4) is 0 Å². The molecule has 1 heterocycles. The normalized spacial score (nSPS) is 39.7. The average molecular weight is 306 g/mol. The smallest absolute Gasteiger partial charge is 0.0923 e. The maximum absolute atomic E-state index is 10.5. The predicted octanol–water partition coefficient (Wildman–Crippen LogP) is 5.17. The molecule has 0 radical (unpaired) electrons. The van der Waals surface area contributed by atoms with Crippen molar-refractivity contribution < 1.29 is 9.84 Å². The highest BCUT2D eigenvalue weighted by atomic mass is 16.6. The molecular formula is C20H34O2. The molecule has 0 amide bonds. The number of ether oxygens (including phenoxy) is 1. The minimum atomic E-state index is -0.624. The fraction of sp³-hybridized carbons (Fsp3) is 0.800. The molecule has 126 valence electrons. The lowest BCUT2D eigenvalue weighted by atomic mass is 9.80. The Morgan fingerprint density at radius 2 is 1.77 bits per heavy atom. The van der Waals surface area contributed by atoms with Crippen LogP contribution in [0.2, 0.25) is 0 Å². The third-order valence-electron chi connectivity index (χ3n) is 5.59. The fourth-order valence-electron chi connectivity index (χ4n) is 3.58. The number of fused-ring (bicyclic) bond motifs is 1. The van der Waals surface area contributed by atoms with Gasteiger partial charge in [0, 0.05) is 0 Å². The lowest BCUT2D eigenvalue weighted by Crippen LogP contribution is -2.32. The second-order valence-corrected chi connectivity index (χ2v) is 8.22. The van der Waals surface area contributed by atoms with Crippen molar-refractivity contribution in [3.05, 3.63) is 23.3 Å². The van der Waals surface area contributed by atoms with E-state index in [0.717, 1.165) is 44.9 Å². The Kier molecular flexibility index (Phi) is 5.55. The van der Waals surface area contributed by atoms with Crippen LogP contribution in [0.25, 0.3) is 0 Å². The highest BCUT2D eigenvalue weighted by Gasteiger charge is 2.52. The first-order chi connectivity index (χ1) is 10.2. The van der Waals surface area contributed by atoms with E-state index in [1.807, 2.05) is 13.8 Å². The number of rotatable bonds is 1. The fourth-order valence-corrected chi connectivity index (χ4v) is 3.58. The van der Waals surface area contributed by atoms with Crippen molar-refractivity contribution in [2.24, 2.45) is 5.92 Å². The molecule has 0 saturated carbocycles. The summed E-state index contributed by atoms with van der Waals surface area (Å²) in [6.45, 7) is 10.6. The van der Waals surface area contributed by atoms with Crippen molar-refractivity contribution in [2.75, 3.05) is 0 Å². The molecule has 0 bridgehead atoms. The monoisotopic (exact) mass is 306 g/mol. The van der Waals surface area contributed by atoms with Gasteiger partial charge in [0.25, 0.3) is 0 Å². The zero-order valence-corrected chi connectivity index (χ0v) is 15.1.